The van der Waals surface area contributed by atoms with E-state index in [0.29, 0.717) is 41.2 Å². The molecular weight excluding hydrogens is 362 g/mol. The summed E-state index contributed by atoms with van der Waals surface area (Å²) in [5, 5.41) is 3.16. The molecule has 1 N–H and O–H groups in total. The van der Waals surface area contributed by atoms with E-state index in [1.165, 1.54) is 19.2 Å². The van der Waals surface area contributed by atoms with Crippen molar-refractivity contribution in [3.05, 3.63) is 47.0 Å². The molecule has 0 atom stereocenters. The van der Waals surface area contributed by atoms with Crippen molar-refractivity contribution in [3.63, 3.8) is 0 Å². The maximum atomic E-state index is 12.2. The van der Waals surface area contributed by atoms with Crippen molar-refractivity contribution >= 4 is 29.2 Å². The van der Waals surface area contributed by atoms with Crippen LogP contribution in [0.5, 0.6) is 17.2 Å². The molecule has 0 bridgehead atoms. The molecule has 1 aliphatic heterocycles. The molecule has 1 amide bonds. The van der Waals surface area contributed by atoms with Crippen molar-refractivity contribution in [3.8, 4) is 17.2 Å². The van der Waals surface area contributed by atoms with Crippen molar-refractivity contribution in [2.45, 2.75) is 0 Å². The Morgan fingerprint density at radius 1 is 1.15 bits per heavy atom. The minimum Gasteiger partial charge on any atom is -0.493 e. The van der Waals surface area contributed by atoms with Gasteiger partial charge in [0.1, 0.15) is 13.2 Å². The second-order valence-electron chi connectivity index (χ2n) is 5.33. The Morgan fingerprint density at radius 3 is 2.62 bits per heavy atom. The number of benzene rings is 2. The average Bonchev–Trinajstić information content (AvgIpc) is 2.67. The number of hydrogen-bond acceptors (Lipinski definition) is 6. The fraction of sp³-hybridized carbons (Fsp3) is 0.222. The predicted molar refractivity (Wildman–Crippen MR) is 94.3 cm³/mol. The van der Waals surface area contributed by atoms with Crippen LogP contribution < -0.4 is 19.5 Å². The summed E-state index contributed by atoms with van der Waals surface area (Å²) in [5.74, 6) is 0.0559. The van der Waals surface area contributed by atoms with Gasteiger partial charge in [-0.3, -0.25) is 4.79 Å². The first kappa shape index (κ1) is 17.9. The lowest BCUT2D eigenvalue weighted by atomic mass is 10.1. The number of carbonyl (C=O) groups is 2. The minimum atomic E-state index is -0.675. The Labute approximate surface area is 154 Å². The van der Waals surface area contributed by atoms with Crippen molar-refractivity contribution in [1.29, 1.82) is 0 Å². The van der Waals surface area contributed by atoms with E-state index >= 15 is 0 Å². The van der Waals surface area contributed by atoms with Gasteiger partial charge < -0.3 is 24.3 Å². The zero-order valence-corrected chi connectivity index (χ0v) is 14.7. The van der Waals surface area contributed by atoms with Crippen LogP contribution >= 0.6 is 11.6 Å². The van der Waals surface area contributed by atoms with Gasteiger partial charge in [0.05, 0.1) is 12.7 Å². The monoisotopic (exact) mass is 377 g/mol. The third kappa shape index (κ3) is 4.18. The lowest BCUT2D eigenvalue weighted by molar-refractivity contribution is -0.119. The molecule has 136 valence electrons. The van der Waals surface area contributed by atoms with Gasteiger partial charge in [-0.2, -0.15) is 0 Å². The maximum Gasteiger partial charge on any atom is 0.338 e. The summed E-state index contributed by atoms with van der Waals surface area (Å²) in [6, 6.07) is 9.56. The molecule has 0 spiro atoms. The van der Waals surface area contributed by atoms with Crippen LogP contribution in [0.3, 0.4) is 0 Å². The topological polar surface area (TPSA) is 83.1 Å². The van der Waals surface area contributed by atoms with Crippen LogP contribution in [-0.2, 0) is 9.53 Å². The molecule has 1 heterocycles. The number of carbonyl (C=O) groups excluding carboxylic acids is 2. The first-order chi connectivity index (χ1) is 12.6. The van der Waals surface area contributed by atoms with Gasteiger partial charge in [-0.1, -0.05) is 11.6 Å². The second-order valence-corrected chi connectivity index (χ2v) is 5.77. The number of nitrogens with one attached hydrogen (secondary N) is 1. The third-order valence-electron chi connectivity index (χ3n) is 3.53. The van der Waals surface area contributed by atoms with Crippen LogP contribution in [0.4, 0.5) is 5.69 Å². The smallest absolute Gasteiger partial charge is 0.338 e. The number of methoxy groups -OCH3 is 1. The molecule has 26 heavy (non-hydrogen) atoms. The first-order valence-electron chi connectivity index (χ1n) is 7.77. The Balaban J connectivity index is 1.62. The van der Waals surface area contributed by atoms with Gasteiger partial charge in [0.25, 0.3) is 5.91 Å². The van der Waals surface area contributed by atoms with E-state index in [-0.39, 0.29) is 5.56 Å². The first-order valence-corrected chi connectivity index (χ1v) is 8.15. The summed E-state index contributed by atoms with van der Waals surface area (Å²) in [6.07, 6.45) is 0. The van der Waals surface area contributed by atoms with E-state index in [1.54, 1.807) is 24.3 Å². The number of rotatable bonds is 5. The highest BCUT2D eigenvalue weighted by molar-refractivity contribution is 6.30. The molecule has 0 saturated carbocycles. The van der Waals surface area contributed by atoms with Gasteiger partial charge in [-0.05, 0) is 36.4 Å². The van der Waals surface area contributed by atoms with Crippen molar-refractivity contribution in [2.24, 2.45) is 0 Å². The van der Waals surface area contributed by atoms with Gasteiger partial charge in [-0.15, -0.1) is 0 Å². The largest absolute Gasteiger partial charge is 0.493 e. The molecule has 8 heteroatoms. The summed E-state index contributed by atoms with van der Waals surface area (Å²) in [5.41, 5.74) is 0.752. The highest BCUT2D eigenvalue weighted by Gasteiger charge is 2.22. The van der Waals surface area contributed by atoms with Gasteiger partial charge in [0, 0.05) is 10.7 Å². The lowest BCUT2D eigenvalue weighted by Crippen LogP contribution is -2.21. The fourth-order valence-electron chi connectivity index (χ4n) is 2.34. The third-order valence-corrected chi connectivity index (χ3v) is 3.78. The Kier molecular flexibility index (Phi) is 5.48. The molecule has 0 saturated heterocycles. The molecule has 0 unspecified atom stereocenters. The molecule has 7 nitrogen and oxygen atoms in total. The standard InChI is InChI=1S/C18H16ClNO6/c1-23-14-8-11(9-15-17(14)25-7-6-24-15)18(22)26-10-16(21)20-13-4-2-12(19)3-5-13/h2-5,8-9H,6-7,10H2,1H3,(H,20,21). The molecule has 3 rings (SSSR count). The lowest BCUT2D eigenvalue weighted by Gasteiger charge is -2.21. The zero-order valence-electron chi connectivity index (χ0n) is 13.9. The molecule has 2 aromatic carbocycles. The number of anilines is 1. The van der Waals surface area contributed by atoms with Crippen LogP contribution in [0.25, 0.3) is 0 Å². The Bertz CT molecular complexity index is 804. The summed E-state index contributed by atoms with van der Waals surface area (Å²) in [4.78, 5) is 24.1. The number of halogens is 1. The number of esters is 1. The van der Waals surface area contributed by atoms with Crippen LogP contribution in [0.2, 0.25) is 5.02 Å². The van der Waals surface area contributed by atoms with Crippen LogP contribution in [0.1, 0.15) is 10.4 Å². The zero-order chi connectivity index (χ0) is 18.5. The predicted octanol–water partition coefficient (Wildman–Crippen LogP) is 2.92. The van der Waals surface area contributed by atoms with Crippen LogP contribution in [-0.4, -0.2) is 38.8 Å². The van der Waals surface area contributed by atoms with E-state index in [9.17, 15) is 9.59 Å². The van der Waals surface area contributed by atoms with Crippen LogP contribution in [0.15, 0.2) is 36.4 Å². The maximum absolute atomic E-state index is 12.2. The van der Waals surface area contributed by atoms with Crippen LogP contribution in [0, 0.1) is 0 Å². The molecule has 1 aliphatic rings. The quantitative estimate of drug-likeness (QED) is 0.807. The SMILES string of the molecule is COc1cc(C(=O)OCC(=O)Nc2ccc(Cl)cc2)cc2c1OCCO2. The van der Waals surface area contributed by atoms with E-state index in [1.807, 2.05) is 0 Å². The average molecular weight is 378 g/mol. The summed E-state index contributed by atoms with van der Waals surface area (Å²) < 4.78 is 21.2. The highest BCUT2D eigenvalue weighted by Crippen LogP contribution is 2.40. The molecule has 0 aliphatic carbocycles. The van der Waals surface area contributed by atoms with E-state index in [0.717, 1.165) is 0 Å². The number of ether oxygens (including phenoxy) is 4. The summed E-state index contributed by atoms with van der Waals surface area (Å²) in [7, 11) is 1.46. The fourth-order valence-corrected chi connectivity index (χ4v) is 2.46. The molecule has 2 aromatic rings. The minimum absolute atomic E-state index is 0.199. The van der Waals surface area contributed by atoms with Gasteiger partial charge in [0.15, 0.2) is 18.1 Å². The highest BCUT2D eigenvalue weighted by atomic mass is 35.5. The number of amides is 1. The Hall–Kier alpha value is -2.93. The number of fused-ring (bicyclic) bond motifs is 1. The van der Waals surface area contributed by atoms with Crippen molar-refractivity contribution < 1.29 is 28.5 Å². The van der Waals surface area contributed by atoms with E-state index in [2.05, 4.69) is 5.32 Å². The van der Waals surface area contributed by atoms with E-state index in [4.69, 9.17) is 30.5 Å². The molecular formula is C18H16ClNO6. The van der Waals surface area contributed by atoms with Gasteiger partial charge in [-0.25, -0.2) is 4.79 Å². The van der Waals surface area contributed by atoms with Crippen molar-refractivity contribution in [2.75, 3.05) is 32.2 Å². The summed E-state index contributed by atoms with van der Waals surface area (Å²) in [6.45, 7) is 0.342. The Morgan fingerprint density at radius 2 is 1.88 bits per heavy atom. The summed E-state index contributed by atoms with van der Waals surface area (Å²) >= 11 is 5.78. The van der Waals surface area contributed by atoms with Gasteiger partial charge >= 0.3 is 5.97 Å². The molecule has 0 aromatic heterocycles. The van der Waals surface area contributed by atoms with Gasteiger partial charge in [0.2, 0.25) is 5.75 Å². The van der Waals surface area contributed by atoms with Crippen molar-refractivity contribution in [1.82, 2.24) is 0 Å². The normalized spacial score (nSPS) is 12.2. The molecule has 0 fully saturated rings. The molecule has 0 radical (unpaired) electrons. The number of hydrogen-bond donors (Lipinski definition) is 1. The second kappa shape index (κ2) is 7.97. The van der Waals surface area contributed by atoms with E-state index < -0.39 is 18.5 Å².